The van der Waals surface area contributed by atoms with Gasteiger partial charge in [-0.2, -0.15) is 0 Å². The van der Waals surface area contributed by atoms with Crippen molar-refractivity contribution < 1.29 is 19.1 Å². The highest BCUT2D eigenvalue weighted by Crippen LogP contribution is 1.97. The normalized spacial score (nSPS) is 12.2. The topological polar surface area (TPSA) is 64.6 Å². The fourth-order valence-corrected chi connectivity index (χ4v) is 1.44. The lowest BCUT2D eigenvalue weighted by Crippen LogP contribution is -2.27. The van der Waals surface area contributed by atoms with E-state index in [1.807, 2.05) is 13.8 Å². The molecule has 5 heteroatoms. The van der Waals surface area contributed by atoms with Crippen LogP contribution in [0.3, 0.4) is 0 Å². The Morgan fingerprint density at radius 1 is 1.16 bits per heavy atom. The highest BCUT2D eigenvalue weighted by Gasteiger charge is 2.04. The average Bonchev–Trinajstić information content (AvgIpc) is 2.33. The summed E-state index contributed by atoms with van der Waals surface area (Å²) in [5, 5.41) is 2.85. The summed E-state index contributed by atoms with van der Waals surface area (Å²) in [6, 6.07) is 0. The number of Topliss-reactive ketones (excluding diaryl/α,β-unsaturated/α-hetero) is 1. The molecule has 0 aliphatic carbocycles. The molecular weight excluding hydrogens is 246 g/mol. The minimum atomic E-state index is 0.0957. The second kappa shape index (κ2) is 12.1. The Hall–Kier alpha value is -0.940. The zero-order valence-corrected chi connectivity index (χ0v) is 12.4. The minimum absolute atomic E-state index is 0.0957. The van der Waals surface area contributed by atoms with Crippen LogP contribution in [-0.2, 0) is 19.1 Å². The maximum Gasteiger partial charge on any atom is 0.219 e. The zero-order valence-electron chi connectivity index (χ0n) is 12.4. The molecule has 1 amide bonds. The molecule has 0 saturated carbocycles. The average molecular weight is 273 g/mol. The van der Waals surface area contributed by atoms with E-state index in [1.165, 1.54) is 0 Å². The zero-order chi connectivity index (χ0) is 14.5. The van der Waals surface area contributed by atoms with Crippen LogP contribution < -0.4 is 5.32 Å². The van der Waals surface area contributed by atoms with Crippen molar-refractivity contribution in [2.24, 2.45) is 0 Å². The van der Waals surface area contributed by atoms with Gasteiger partial charge < -0.3 is 14.8 Å². The van der Waals surface area contributed by atoms with E-state index in [2.05, 4.69) is 5.32 Å². The number of amides is 1. The van der Waals surface area contributed by atoms with Crippen molar-refractivity contribution in [1.29, 1.82) is 0 Å². The Labute approximate surface area is 116 Å². The summed E-state index contributed by atoms with van der Waals surface area (Å²) < 4.78 is 10.8. The van der Waals surface area contributed by atoms with E-state index in [0.717, 1.165) is 12.8 Å². The molecule has 0 fully saturated rings. The van der Waals surface area contributed by atoms with Crippen LogP contribution in [0, 0.1) is 0 Å². The van der Waals surface area contributed by atoms with Crippen LogP contribution in [0.5, 0.6) is 0 Å². The van der Waals surface area contributed by atoms with E-state index in [4.69, 9.17) is 9.47 Å². The van der Waals surface area contributed by atoms with Crippen LogP contribution in [0.1, 0.15) is 46.5 Å². The van der Waals surface area contributed by atoms with Gasteiger partial charge in [0.2, 0.25) is 5.91 Å². The Bertz CT molecular complexity index is 256. The van der Waals surface area contributed by atoms with E-state index < -0.39 is 0 Å². The molecule has 0 rings (SSSR count). The number of hydrogen-bond donors (Lipinski definition) is 1. The molecule has 0 aliphatic rings. The van der Waals surface area contributed by atoms with Crippen molar-refractivity contribution in [3.8, 4) is 0 Å². The molecule has 0 aromatic rings. The highest BCUT2D eigenvalue weighted by atomic mass is 16.5. The van der Waals surface area contributed by atoms with Crippen LogP contribution >= 0.6 is 0 Å². The predicted molar refractivity (Wildman–Crippen MR) is 74.1 cm³/mol. The Morgan fingerprint density at radius 2 is 1.89 bits per heavy atom. The van der Waals surface area contributed by atoms with Gasteiger partial charge >= 0.3 is 0 Å². The first-order valence-corrected chi connectivity index (χ1v) is 7.01. The van der Waals surface area contributed by atoms with Crippen LogP contribution in [0.2, 0.25) is 0 Å². The molecule has 0 spiro atoms. The van der Waals surface area contributed by atoms with Crippen LogP contribution in [0.15, 0.2) is 0 Å². The lowest BCUT2D eigenvalue weighted by atomic mass is 10.2. The Kier molecular flexibility index (Phi) is 11.5. The quantitative estimate of drug-likeness (QED) is 0.550. The van der Waals surface area contributed by atoms with Crippen molar-refractivity contribution >= 4 is 11.7 Å². The second-order valence-corrected chi connectivity index (χ2v) is 4.63. The fourth-order valence-electron chi connectivity index (χ4n) is 1.44. The smallest absolute Gasteiger partial charge is 0.219 e. The van der Waals surface area contributed by atoms with Crippen LogP contribution in [0.25, 0.3) is 0 Å². The monoisotopic (exact) mass is 273 g/mol. The third-order valence-corrected chi connectivity index (χ3v) is 2.58. The van der Waals surface area contributed by atoms with Crippen molar-refractivity contribution in [2.75, 3.05) is 26.4 Å². The van der Waals surface area contributed by atoms with Gasteiger partial charge in [-0.1, -0.05) is 6.92 Å². The number of hydrogen-bond acceptors (Lipinski definition) is 4. The number of ether oxygens (including phenoxy) is 2. The minimum Gasteiger partial charge on any atom is -0.379 e. The molecule has 1 unspecified atom stereocenters. The van der Waals surface area contributed by atoms with Crippen molar-refractivity contribution in [3.63, 3.8) is 0 Å². The number of ketones is 1. The van der Waals surface area contributed by atoms with Gasteiger partial charge in [0.05, 0.1) is 25.9 Å². The number of carbonyl (C=O) groups excluding carboxylic acids is 2. The van der Waals surface area contributed by atoms with Gasteiger partial charge in [0.15, 0.2) is 0 Å². The molecule has 0 aromatic heterocycles. The van der Waals surface area contributed by atoms with Gasteiger partial charge in [0, 0.05) is 19.4 Å². The summed E-state index contributed by atoms with van der Waals surface area (Å²) in [4.78, 5) is 21.9. The largest absolute Gasteiger partial charge is 0.379 e. The highest BCUT2D eigenvalue weighted by molar-refractivity contribution is 5.75. The summed E-state index contributed by atoms with van der Waals surface area (Å²) >= 11 is 0. The van der Waals surface area contributed by atoms with E-state index in [-0.39, 0.29) is 17.8 Å². The number of rotatable bonds is 12. The second-order valence-electron chi connectivity index (χ2n) is 4.63. The first-order valence-electron chi connectivity index (χ1n) is 7.01. The summed E-state index contributed by atoms with van der Waals surface area (Å²) in [5.41, 5.74) is 0. The van der Waals surface area contributed by atoms with E-state index in [9.17, 15) is 9.59 Å². The molecule has 0 radical (unpaired) electrons. The molecule has 0 saturated heterocycles. The van der Waals surface area contributed by atoms with Gasteiger partial charge in [-0.05, 0) is 26.7 Å². The molecule has 19 heavy (non-hydrogen) atoms. The molecule has 0 aromatic carbocycles. The molecule has 1 N–H and O–H groups in total. The summed E-state index contributed by atoms with van der Waals surface area (Å²) in [7, 11) is 0. The van der Waals surface area contributed by atoms with Gasteiger partial charge in [0.1, 0.15) is 5.78 Å². The first kappa shape index (κ1) is 18.1. The van der Waals surface area contributed by atoms with Crippen molar-refractivity contribution in [2.45, 2.75) is 52.6 Å². The van der Waals surface area contributed by atoms with Gasteiger partial charge in [-0.25, -0.2) is 0 Å². The van der Waals surface area contributed by atoms with Gasteiger partial charge in [-0.15, -0.1) is 0 Å². The van der Waals surface area contributed by atoms with Gasteiger partial charge in [0.25, 0.3) is 0 Å². The maximum absolute atomic E-state index is 11.2. The molecule has 0 heterocycles. The third kappa shape index (κ3) is 13.3. The van der Waals surface area contributed by atoms with Gasteiger partial charge in [-0.3, -0.25) is 9.59 Å². The van der Waals surface area contributed by atoms with E-state index in [0.29, 0.717) is 39.2 Å². The van der Waals surface area contributed by atoms with E-state index in [1.54, 1.807) is 6.92 Å². The standard InChI is InChI=1S/C14H27NO4/c1-4-5-14(17)15-8-6-13(3)19-11-10-18-9-7-12(2)16/h13H,4-11H2,1-3H3,(H,15,17). The maximum atomic E-state index is 11.2. The van der Waals surface area contributed by atoms with E-state index >= 15 is 0 Å². The number of nitrogens with one attached hydrogen (secondary N) is 1. The lowest BCUT2D eigenvalue weighted by molar-refractivity contribution is -0.121. The SMILES string of the molecule is CCCC(=O)NCCC(C)OCCOCCC(C)=O. The first-order chi connectivity index (χ1) is 9.06. The van der Waals surface area contributed by atoms with Crippen molar-refractivity contribution in [1.82, 2.24) is 5.32 Å². The molecule has 0 bridgehead atoms. The Balaban J connectivity index is 3.32. The lowest BCUT2D eigenvalue weighted by Gasteiger charge is -2.13. The third-order valence-electron chi connectivity index (χ3n) is 2.58. The predicted octanol–water partition coefficient (Wildman–Crippen LogP) is 1.69. The molecule has 112 valence electrons. The van der Waals surface area contributed by atoms with Crippen LogP contribution in [-0.4, -0.2) is 44.2 Å². The Morgan fingerprint density at radius 3 is 2.53 bits per heavy atom. The number of carbonyl (C=O) groups is 2. The molecule has 0 aliphatic heterocycles. The molecular formula is C14H27NO4. The van der Waals surface area contributed by atoms with Crippen LogP contribution in [0.4, 0.5) is 0 Å². The summed E-state index contributed by atoms with van der Waals surface area (Å²) in [6.45, 7) is 7.63. The fraction of sp³-hybridized carbons (Fsp3) is 0.857. The molecule has 5 nitrogen and oxygen atoms in total. The summed E-state index contributed by atoms with van der Waals surface area (Å²) in [5.74, 6) is 0.236. The van der Waals surface area contributed by atoms with Crippen molar-refractivity contribution in [3.05, 3.63) is 0 Å². The molecule has 1 atom stereocenters. The summed E-state index contributed by atoms with van der Waals surface area (Å²) in [6.07, 6.45) is 2.80.